The summed E-state index contributed by atoms with van der Waals surface area (Å²) in [6.07, 6.45) is 6.07. The number of anilines is 3. The summed E-state index contributed by atoms with van der Waals surface area (Å²) in [6.45, 7) is 6.38. The topological polar surface area (TPSA) is 65.1 Å². The molecule has 0 radical (unpaired) electrons. The molecule has 1 aromatic carbocycles. The third-order valence-corrected chi connectivity index (χ3v) is 5.80. The Balaban J connectivity index is 1.48. The van der Waals surface area contributed by atoms with Crippen molar-refractivity contribution >= 4 is 34.8 Å². The first-order valence-electron chi connectivity index (χ1n) is 10.2. The smallest absolute Gasteiger partial charge is 0.224 e. The van der Waals surface area contributed by atoms with Gasteiger partial charge in [0.1, 0.15) is 5.82 Å². The van der Waals surface area contributed by atoms with Crippen LogP contribution < -0.4 is 20.9 Å². The summed E-state index contributed by atoms with van der Waals surface area (Å²) in [5.41, 5.74) is 4.87. The Morgan fingerprint density at radius 1 is 1.00 bits per heavy atom. The van der Waals surface area contributed by atoms with Gasteiger partial charge in [0.05, 0.1) is 0 Å². The molecule has 3 rings (SSSR count). The normalized spacial score (nSPS) is 18.8. The van der Waals surface area contributed by atoms with Crippen molar-refractivity contribution in [1.29, 1.82) is 0 Å². The van der Waals surface area contributed by atoms with Crippen molar-refractivity contribution < 1.29 is 0 Å². The molecule has 1 heterocycles. The largest absolute Gasteiger partial charge is 0.363 e. The van der Waals surface area contributed by atoms with Gasteiger partial charge in [-0.25, -0.2) is 4.98 Å². The Labute approximate surface area is 179 Å². The predicted octanol–water partition coefficient (Wildman–Crippen LogP) is 4.18. The van der Waals surface area contributed by atoms with Crippen LogP contribution in [0.1, 0.15) is 42.4 Å². The van der Waals surface area contributed by atoms with Crippen molar-refractivity contribution in [3.8, 4) is 0 Å². The molecule has 1 fully saturated rings. The molecule has 6 nitrogen and oxygen atoms in total. The second-order valence-electron chi connectivity index (χ2n) is 8.18. The van der Waals surface area contributed by atoms with Gasteiger partial charge >= 0.3 is 0 Å². The molecule has 156 valence electrons. The zero-order chi connectivity index (χ0) is 21.0. The molecule has 0 amide bonds. The molecular formula is C22H32N6S. The number of nitrogens with zero attached hydrogens (tertiary/aromatic N) is 3. The third kappa shape index (κ3) is 5.79. The quantitative estimate of drug-likeness (QED) is 0.637. The average molecular weight is 413 g/mol. The molecule has 0 atom stereocenters. The molecule has 0 saturated heterocycles. The SMILES string of the molecule is Cc1cc(C)c(NC(=S)NC2CCC(Nc3nccc(N(C)C)n3)CC2)cc1C. The fourth-order valence-electron chi connectivity index (χ4n) is 3.67. The molecule has 3 N–H and O–H groups in total. The van der Waals surface area contributed by atoms with Crippen molar-refractivity contribution in [3.05, 3.63) is 41.1 Å². The van der Waals surface area contributed by atoms with Crippen LogP contribution in [-0.4, -0.2) is 41.3 Å². The van der Waals surface area contributed by atoms with Crippen LogP contribution >= 0.6 is 12.2 Å². The van der Waals surface area contributed by atoms with Gasteiger partial charge in [-0.15, -0.1) is 0 Å². The lowest BCUT2D eigenvalue weighted by atomic mass is 9.91. The Morgan fingerprint density at radius 2 is 1.66 bits per heavy atom. The van der Waals surface area contributed by atoms with Crippen molar-refractivity contribution in [2.75, 3.05) is 29.6 Å². The minimum absolute atomic E-state index is 0.397. The van der Waals surface area contributed by atoms with E-state index in [0.717, 1.165) is 37.2 Å². The lowest BCUT2D eigenvalue weighted by Gasteiger charge is -2.30. The standard InChI is InChI=1S/C22H32N6S/c1-14-12-16(3)19(13-15(14)2)26-22(29)25-18-8-6-17(7-9-18)24-21-23-11-10-20(27-21)28(4)5/h10-13,17-18H,6-9H2,1-5H3,(H,23,24,27)(H2,25,26,29). The van der Waals surface area contributed by atoms with Crippen LogP contribution in [0.3, 0.4) is 0 Å². The highest BCUT2D eigenvalue weighted by atomic mass is 32.1. The number of aromatic nitrogens is 2. The summed E-state index contributed by atoms with van der Waals surface area (Å²) < 4.78 is 0. The highest BCUT2D eigenvalue weighted by Crippen LogP contribution is 2.23. The van der Waals surface area contributed by atoms with E-state index in [4.69, 9.17) is 12.2 Å². The van der Waals surface area contributed by atoms with Gasteiger partial charge in [0, 0.05) is 38.1 Å². The Morgan fingerprint density at radius 3 is 2.34 bits per heavy atom. The van der Waals surface area contributed by atoms with Gasteiger partial charge in [0.2, 0.25) is 5.95 Å². The van der Waals surface area contributed by atoms with Gasteiger partial charge in [-0.3, -0.25) is 0 Å². The number of aryl methyl sites for hydroxylation is 3. The van der Waals surface area contributed by atoms with Crippen molar-refractivity contribution in [1.82, 2.24) is 15.3 Å². The molecule has 29 heavy (non-hydrogen) atoms. The van der Waals surface area contributed by atoms with E-state index in [1.54, 1.807) is 6.20 Å². The average Bonchev–Trinajstić information content (AvgIpc) is 2.68. The lowest BCUT2D eigenvalue weighted by molar-refractivity contribution is 0.387. The molecule has 1 aromatic heterocycles. The minimum Gasteiger partial charge on any atom is -0.363 e. The first-order chi connectivity index (χ1) is 13.8. The fraction of sp³-hybridized carbons (Fsp3) is 0.500. The third-order valence-electron chi connectivity index (χ3n) is 5.58. The zero-order valence-electron chi connectivity index (χ0n) is 18.0. The van der Waals surface area contributed by atoms with Gasteiger partial charge in [0.15, 0.2) is 5.11 Å². The van der Waals surface area contributed by atoms with Gasteiger partial charge in [-0.1, -0.05) is 6.07 Å². The van der Waals surface area contributed by atoms with E-state index >= 15 is 0 Å². The monoisotopic (exact) mass is 412 g/mol. The van der Waals surface area contributed by atoms with Crippen LogP contribution in [0.2, 0.25) is 0 Å². The number of hydrogen-bond donors (Lipinski definition) is 3. The van der Waals surface area contributed by atoms with Crippen LogP contribution in [0.5, 0.6) is 0 Å². The maximum absolute atomic E-state index is 5.56. The molecule has 2 aromatic rings. The fourth-order valence-corrected chi connectivity index (χ4v) is 3.95. The second-order valence-corrected chi connectivity index (χ2v) is 8.58. The molecule has 0 spiro atoms. The predicted molar refractivity (Wildman–Crippen MR) is 126 cm³/mol. The van der Waals surface area contributed by atoms with Crippen LogP contribution in [0.4, 0.5) is 17.5 Å². The second kappa shape index (κ2) is 9.39. The van der Waals surface area contributed by atoms with Crippen LogP contribution in [0.25, 0.3) is 0 Å². The first-order valence-corrected chi connectivity index (χ1v) is 10.6. The summed E-state index contributed by atoms with van der Waals surface area (Å²) in [4.78, 5) is 10.9. The van der Waals surface area contributed by atoms with E-state index in [9.17, 15) is 0 Å². The first kappa shape index (κ1) is 21.3. The highest BCUT2D eigenvalue weighted by molar-refractivity contribution is 7.80. The number of thiocarbonyl (C=S) groups is 1. The molecule has 0 aliphatic heterocycles. The number of hydrogen-bond acceptors (Lipinski definition) is 5. The molecule has 1 aliphatic carbocycles. The summed E-state index contributed by atoms with van der Waals surface area (Å²) in [6, 6.07) is 7.08. The molecule has 0 bridgehead atoms. The van der Waals surface area contributed by atoms with Gasteiger partial charge in [-0.05, 0) is 87.5 Å². The Bertz CT molecular complexity index is 858. The van der Waals surface area contributed by atoms with Crippen molar-refractivity contribution in [2.24, 2.45) is 0 Å². The summed E-state index contributed by atoms with van der Waals surface area (Å²) in [5, 5.41) is 11.1. The molecular weight excluding hydrogens is 380 g/mol. The zero-order valence-corrected chi connectivity index (χ0v) is 18.9. The number of nitrogens with one attached hydrogen (secondary N) is 3. The van der Waals surface area contributed by atoms with E-state index in [-0.39, 0.29) is 0 Å². The summed E-state index contributed by atoms with van der Waals surface area (Å²) in [7, 11) is 3.97. The molecule has 1 aliphatic rings. The Hall–Kier alpha value is -2.41. The van der Waals surface area contributed by atoms with Gasteiger partial charge in [-0.2, -0.15) is 4.98 Å². The maximum atomic E-state index is 5.56. The number of rotatable bonds is 5. The van der Waals surface area contributed by atoms with E-state index in [0.29, 0.717) is 23.1 Å². The van der Waals surface area contributed by atoms with Gasteiger partial charge in [0.25, 0.3) is 0 Å². The van der Waals surface area contributed by atoms with Crippen molar-refractivity contribution in [2.45, 2.75) is 58.5 Å². The van der Waals surface area contributed by atoms with Gasteiger partial charge < -0.3 is 20.9 Å². The molecule has 0 unspecified atom stereocenters. The van der Waals surface area contributed by atoms with E-state index < -0.39 is 0 Å². The van der Waals surface area contributed by atoms with Crippen LogP contribution in [-0.2, 0) is 0 Å². The summed E-state index contributed by atoms with van der Waals surface area (Å²) >= 11 is 5.56. The van der Waals surface area contributed by atoms with E-state index in [1.807, 2.05) is 25.1 Å². The Kier molecular flexibility index (Phi) is 6.90. The van der Waals surface area contributed by atoms with E-state index in [2.05, 4.69) is 58.8 Å². The minimum atomic E-state index is 0.397. The molecule has 1 saturated carbocycles. The maximum Gasteiger partial charge on any atom is 0.224 e. The van der Waals surface area contributed by atoms with E-state index in [1.165, 1.54) is 16.7 Å². The highest BCUT2D eigenvalue weighted by Gasteiger charge is 2.22. The summed E-state index contributed by atoms with van der Waals surface area (Å²) in [5.74, 6) is 1.62. The lowest BCUT2D eigenvalue weighted by Crippen LogP contribution is -2.42. The van der Waals surface area contributed by atoms with Crippen molar-refractivity contribution in [3.63, 3.8) is 0 Å². The molecule has 7 heteroatoms. The number of benzene rings is 1. The van der Waals surface area contributed by atoms with Crippen LogP contribution in [0.15, 0.2) is 24.4 Å². The van der Waals surface area contributed by atoms with Crippen LogP contribution in [0, 0.1) is 20.8 Å².